The number of hydrogen-bond acceptors (Lipinski definition) is 3. The molecule has 0 aromatic heterocycles. The number of ether oxygens (including phenoxy) is 1. The minimum absolute atomic E-state index is 0.000269. The van der Waals surface area contributed by atoms with Gasteiger partial charge in [0.1, 0.15) is 0 Å². The first-order valence-corrected chi connectivity index (χ1v) is 6.67. The number of nitrogens with one attached hydrogen (secondary N) is 1. The molecule has 0 saturated carbocycles. The van der Waals surface area contributed by atoms with Crippen molar-refractivity contribution in [3.05, 3.63) is 0 Å². The summed E-state index contributed by atoms with van der Waals surface area (Å²) in [7, 11) is 0. The smallest absolute Gasteiger partial charge is 0.225 e. The van der Waals surface area contributed by atoms with Gasteiger partial charge >= 0.3 is 0 Å². The number of aliphatic hydroxyl groups is 1. The highest BCUT2D eigenvalue weighted by atomic mass is 16.5. The van der Waals surface area contributed by atoms with Crippen LogP contribution in [-0.4, -0.2) is 36.4 Å². The van der Waals surface area contributed by atoms with E-state index in [4.69, 9.17) is 4.74 Å². The number of carbonyl (C=O) groups is 1. The molecule has 3 unspecified atom stereocenters. The molecule has 0 aromatic carbocycles. The van der Waals surface area contributed by atoms with Crippen molar-refractivity contribution in [1.82, 2.24) is 5.32 Å². The van der Waals surface area contributed by atoms with E-state index in [0.717, 1.165) is 19.3 Å². The standard InChI is InChI=1S/C13H25NO3/c1-4-10(5-2)12(15)8-14-13(16)11-6-7-17-9(11)3/h9-12,15H,4-8H2,1-3H3,(H,14,16). The van der Waals surface area contributed by atoms with Gasteiger partial charge in [-0.2, -0.15) is 0 Å². The molecule has 0 aliphatic carbocycles. The van der Waals surface area contributed by atoms with Crippen LogP contribution in [0.1, 0.15) is 40.0 Å². The molecule has 1 fully saturated rings. The highest BCUT2D eigenvalue weighted by Crippen LogP contribution is 2.20. The Labute approximate surface area is 104 Å². The van der Waals surface area contributed by atoms with Crippen molar-refractivity contribution in [2.24, 2.45) is 11.8 Å². The first-order valence-electron chi connectivity index (χ1n) is 6.67. The highest BCUT2D eigenvalue weighted by Gasteiger charge is 2.31. The first kappa shape index (κ1) is 14.5. The zero-order valence-electron chi connectivity index (χ0n) is 11.1. The fourth-order valence-corrected chi connectivity index (χ4v) is 2.41. The van der Waals surface area contributed by atoms with Crippen molar-refractivity contribution < 1.29 is 14.6 Å². The van der Waals surface area contributed by atoms with Gasteiger partial charge in [0.15, 0.2) is 0 Å². The number of hydrogen-bond donors (Lipinski definition) is 2. The average Bonchev–Trinajstić information content (AvgIpc) is 2.74. The molecule has 1 amide bonds. The van der Waals surface area contributed by atoms with E-state index in [0.29, 0.717) is 13.2 Å². The van der Waals surface area contributed by atoms with Gasteiger partial charge in [0.25, 0.3) is 0 Å². The maximum absolute atomic E-state index is 11.9. The molecule has 100 valence electrons. The largest absolute Gasteiger partial charge is 0.391 e. The first-order chi connectivity index (χ1) is 8.10. The van der Waals surface area contributed by atoms with Crippen LogP contribution in [0.2, 0.25) is 0 Å². The van der Waals surface area contributed by atoms with E-state index >= 15 is 0 Å². The summed E-state index contributed by atoms with van der Waals surface area (Å²) in [5.74, 6) is 0.233. The molecular weight excluding hydrogens is 218 g/mol. The number of rotatable bonds is 6. The second kappa shape index (κ2) is 6.97. The van der Waals surface area contributed by atoms with Crippen molar-refractivity contribution >= 4 is 5.91 Å². The minimum atomic E-state index is -0.438. The average molecular weight is 243 g/mol. The SMILES string of the molecule is CCC(CC)C(O)CNC(=O)C1CCOC1C. The van der Waals surface area contributed by atoms with Crippen LogP contribution >= 0.6 is 0 Å². The second-order valence-electron chi connectivity index (χ2n) is 4.86. The molecule has 1 heterocycles. The Kier molecular flexibility index (Phi) is 5.92. The normalized spacial score (nSPS) is 26.2. The molecule has 0 bridgehead atoms. The third-order valence-corrected chi connectivity index (χ3v) is 3.79. The van der Waals surface area contributed by atoms with Gasteiger partial charge in [0.05, 0.1) is 18.1 Å². The van der Waals surface area contributed by atoms with E-state index in [2.05, 4.69) is 19.2 Å². The van der Waals surface area contributed by atoms with Gasteiger partial charge in [0, 0.05) is 13.2 Å². The Morgan fingerprint density at radius 2 is 2.12 bits per heavy atom. The zero-order chi connectivity index (χ0) is 12.8. The molecule has 0 aromatic rings. The van der Waals surface area contributed by atoms with Gasteiger partial charge < -0.3 is 15.2 Å². The number of amides is 1. The minimum Gasteiger partial charge on any atom is -0.391 e. The Morgan fingerprint density at radius 1 is 1.47 bits per heavy atom. The van der Waals surface area contributed by atoms with Crippen LogP contribution in [-0.2, 0) is 9.53 Å². The van der Waals surface area contributed by atoms with Crippen LogP contribution in [0.25, 0.3) is 0 Å². The molecule has 17 heavy (non-hydrogen) atoms. The quantitative estimate of drug-likeness (QED) is 0.740. The van der Waals surface area contributed by atoms with Crippen molar-refractivity contribution in [3.63, 3.8) is 0 Å². The number of aliphatic hydroxyl groups excluding tert-OH is 1. The lowest BCUT2D eigenvalue weighted by Crippen LogP contribution is -2.40. The van der Waals surface area contributed by atoms with E-state index in [-0.39, 0.29) is 23.8 Å². The lowest BCUT2D eigenvalue weighted by Gasteiger charge is -2.21. The van der Waals surface area contributed by atoms with Crippen LogP contribution in [0.5, 0.6) is 0 Å². The van der Waals surface area contributed by atoms with Gasteiger partial charge in [-0.25, -0.2) is 0 Å². The third-order valence-electron chi connectivity index (χ3n) is 3.79. The summed E-state index contributed by atoms with van der Waals surface area (Å²) in [6.45, 7) is 7.06. The van der Waals surface area contributed by atoms with Crippen molar-refractivity contribution in [2.75, 3.05) is 13.2 Å². The highest BCUT2D eigenvalue weighted by molar-refractivity contribution is 5.79. The maximum atomic E-state index is 11.9. The maximum Gasteiger partial charge on any atom is 0.225 e. The van der Waals surface area contributed by atoms with E-state index < -0.39 is 6.10 Å². The predicted molar refractivity (Wildman–Crippen MR) is 66.6 cm³/mol. The lowest BCUT2D eigenvalue weighted by atomic mass is 9.96. The monoisotopic (exact) mass is 243 g/mol. The topological polar surface area (TPSA) is 58.6 Å². The summed E-state index contributed by atoms with van der Waals surface area (Å²) < 4.78 is 5.36. The molecule has 4 nitrogen and oxygen atoms in total. The molecule has 2 N–H and O–H groups in total. The Hall–Kier alpha value is -0.610. The van der Waals surface area contributed by atoms with Crippen LogP contribution in [0.3, 0.4) is 0 Å². The summed E-state index contributed by atoms with van der Waals surface area (Å²) in [6.07, 6.45) is 2.23. The molecule has 0 radical (unpaired) electrons. The van der Waals surface area contributed by atoms with Crippen molar-refractivity contribution in [1.29, 1.82) is 0 Å². The summed E-state index contributed by atoms with van der Waals surface area (Å²) in [5.41, 5.74) is 0. The fourth-order valence-electron chi connectivity index (χ4n) is 2.41. The summed E-state index contributed by atoms with van der Waals surface area (Å²) in [5, 5.41) is 12.8. The van der Waals surface area contributed by atoms with E-state index in [1.54, 1.807) is 0 Å². The zero-order valence-corrected chi connectivity index (χ0v) is 11.1. The molecule has 3 atom stereocenters. The van der Waals surface area contributed by atoms with E-state index in [9.17, 15) is 9.90 Å². The van der Waals surface area contributed by atoms with Crippen LogP contribution in [0, 0.1) is 11.8 Å². The summed E-state index contributed by atoms with van der Waals surface area (Å²) in [4.78, 5) is 11.9. The molecule has 1 aliphatic rings. The fraction of sp³-hybridized carbons (Fsp3) is 0.923. The van der Waals surface area contributed by atoms with Gasteiger partial charge in [0.2, 0.25) is 5.91 Å². The second-order valence-corrected chi connectivity index (χ2v) is 4.86. The summed E-state index contributed by atoms with van der Waals surface area (Å²) in [6, 6.07) is 0. The van der Waals surface area contributed by atoms with E-state index in [1.165, 1.54) is 0 Å². The molecule has 1 aliphatic heterocycles. The molecule has 1 saturated heterocycles. The molecule has 0 spiro atoms. The van der Waals surface area contributed by atoms with Crippen LogP contribution < -0.4 is 5.32 Å². The Morgan fingerprint density at radius 3 is 2.59 bits per heavy atom. The van der Waals surface area contributed by atoms with Crippen molar-refractivity contribution in [2.45, 2.75) is 52.2 Å². The van der Waals surface area contributed by atoms with Crippen molar-refractivity contribution in [3.8, 4) is 0 Å². The molecule has 4 heteroatoms. The van der Waals surface area contributed by atoms with Gasteiger partial charge in [-0.3, -0.25) is 4.79 Å². The van der Waals surface area contributed by atoms with Gasteiger partial charge in [-0.1, -0.05) is 26.7 Å². The summed E-state index contributed by atoms with van der Waals surface area (Å²) >= 11 is 0. The number of carbonyl (C=O) groups excluding carboxylic acids is 1. The molecule has 1 rings (SSSR count). The predicted octanol–water partition coefficient (Wildman–Crippen LogP) is 1.32. The van der Waals surface area contributed by atoms with Crippen LogP contribution in [0.15, 0.2) is 0 Å². The van der Waals surface area contributed by atoms with Gasteiger partial charge in [-0.05, 0) is 19.3 Å². The van der Waals surface area contributed by atoms with E-state index in [1.807, 2.05) is 6.92 Å². The Bertz CT molecular complexity index is 241. The third kappa shape index (κ3) is 3.96. The lowest BCUT2D eigenvalue weighted by molar-refractivity contribution is -0.127. The molecular formula is C13H25NO3. The van der Waals surface area contributed by atoms with Crippen LogP contribution in [0.4, 0.5) is 0 Å². The van der Waals surface area contributed by atoms with Gasteiger partial charge in [-0.15, -0.1) is 0 Å². The Balaban J connectivity index is 2.32.